The molecule has 0 aromatic heterocycles. The van der Waals surface area contributed by atoms with Crippen LogP contribution in [0.4, 0.5) is 13.2 Å². The molecule has 1 fully saturated rings. The molecule has 17 heavy (non-hydrogen) atoms. The highest BCUT2D eigenvalue weighted by Crippen LogP contribution is 2.26. The molecule has 1 aliphatic carbocycles. The third-order valence-corrected chi connectivity index (χ3v) is 3.64. The first-order valence-corrected chi connectivity index (χ1v) is 6.41. The van der Waals surface area contributed by atoms with Gasteiger partial charge in [0.05, 0.1) is 0 Å². The molecule has 0 amide bonds. The van der Waals surface area contributed by atoms with Gasteiger partial charge in [-0.25, -0.2) is 0 Å². The van der Waals surface area contributed by atoms with E-state index >= 15 is 0 Å². The van der Waals surface area contributed by atoms with Gasteiger partial charge in [-0.05, 0) is 25.2 Å². The van der Waals surface area contributed by atoms with Gasteiger partial charge in [-0.15, -0.1) is 0 Å². The van der Waals surface area contributed by atoms with Gasteiger partial charge in [0.15, 0.2) is 6.10 Å². The van der Waals surface area contributed by atoms with Crippen LogP contribution >= 0.6 is 0 Å². The first kappa shape index (κ1) is 14.8. The van der Waals surface area contributed by atoms with Gasteiger partial charge in [0, 0.05) is 12.6 Å². The van der Waals surface area contributed by atoms with E-state index in [2.05, 4.69) is 12.2 Å². The topological polar surface area (TPSA) is 32.3 Å². The minimum Gasteiger partial charge on any atom is -0.382 e. The molecule has 0 aliphatic heterocycles. The highest BCUT2D eigenvalue weighted by molar-refractivity contribution is 4.77. The summed E-state index contributed by atoms with van der Waals surface area (Å²) in [5, 5.41) is 11.7. The van der Waals surface area contributed by atoms with E-state index in [0.717, 1.165) is 32.1 Å². The summed E-state index contributed by atoms with van der Waals surface area (Å²) >= 11 is 0. The number of rotatable bonds is 4. The van der Waals surface area contributed by atoms with Crippen molar-refractivity contribution in [3.05, 3.63) is 0 Å². The van der Waals surface area contributed by atoms with Crippen LogP contribution in [0.2, 0.25) is 0 Å². The molecule has 0 aromatic rings. The Kier molecular flexibility index (Phi) is 5.73. The largest absolute Gasteiger partial charge is 0.415 e. The molecular weight excluding hydrogens is 231 g/mol. The summed E-state index contributed by atoms with van der Waals surface area (Å²) in [6, 6.07) is 0.128. The third-order valence-electron chi connectivity index (χ3n) is 3.64. The molecule has 0 radical (unpaired) electrons. The third kappa shape index (κ3) is 5.25. The SMILES string of the molecule is CCC1CCCC(NCC(O)C(F)(F)F)CC1. The predicted molar refractivity (Wildman–Crippen MR) is 60.7 cm³/mol. The normalized spacial score (nSPS) is 28.8. The molecule has 0 saturated heterocycles. The fourth-order valence-corrected chi connectivity index (χ4v) is 2.38. The molecule has 0 bridgehead atoms. The van der Waals surface area contributed by atoms with Crippen molar-refractivity contribution in [2.75, 3.05) is 6.54 Å². The van der Waals surface area contributed by atoms with Gasteiger partial charge in [-0.2, -0.15) is 13.2 Å². The van der Waals surface area contributed by atoms with Gasteiger partial charge in [-0.3, -0.25) is 0 Å². The Morgan fingerprint density at radius 2 is 1.94 bits per heavy atom. The van der Waals surface area contributed by atoms with Crippen molar-refractivity contribution < 1.29 is 18.3 Å². The lowest BCUT2D eigenvalue weighted by Gasteiger charge is -2.20. The van der Waals surface area contributed by atoms with Crippen LogP contribution in [-0.2, 0) is 0 Å². The second-order valence-electron chi connectivity index (χ2n) is 4.95. The molecule has 0 aromatic carbocycles. The minimum absolute atomic E-state index is 0.128. The number of aliphatic hydroxyl groups excluding tert-OH is 1. The van der Waals surface area contributed by atoms with E-state index < -0.39 is 12.3 Å². The van der Waals surface area contributed by atoms with E-state index in [-0.39, 0.29) is 12.6 Å². The maximum Gasteiger partial charge on any atom is 0.415 e. The first-order chi connectivity index (χ1) is 7.93. The quantitative estimate of drug-likeness (QED) is 0.755. The van der Waals surface area contributed by atoms with Gasteiger partial charge < -0.3 is 10.4 Å². The van der Waals surface area contributed by atoms with Crippen LogP contribution in [0.5, 0.6) is 0 Å². The van der Waals surface area contributed by atoms with Gasteiger partial charge in [-0.1, -0.05) is 26.2 Å². The van der Waals surface area contributed by atoms with Gasteiger partial charge >= 0.3 is 6.18 Å². The Labute approximate surface area is 101 Å². The molecule has 1 rings (SSSR count). The van der Waals surface area contributed by atoms with Crippen molar-refractivity contribution >= 4 is 0 Å². The van der Waals surface area contributed by atoms with Crippen LogP contribution in [-0.4, -0.2) is 30.0 Å². The number of hydrogen-bond donors (Lipinski definition) is 2. The van der Waals surface area contributed by atoms with E-state index in [9.17, 15) is 13.2 Å². The smallest absolute Gasteiger partial charge is 0.382 e. The molecular formula is C12H22F3NO. The molecule has 0 spiro atoms. The Morgan fingerprint density at radius 3 is 2.53 bits per heavy atom. The summed E-state index contributed by atoms with van der Waals surface area (Å²) in [5.41, 5.74) is 0. The number of hydrogen-bond acceptors (Lipinski definition) is 2. The van der Waals surface area contributed by atoms with Crippen LogP contribution in [0, 0.1) is 5.92 Å². The van der Waals surface area contributed by atoms with Crippen LogP contribution in [0.25, 0.3) is 0 Å². The van der Waals surface area contributed by atoms with Crippen molar-refractivity contribution in [1.82, 2.24) is 5.32 Å². The zero-order valence-corrected chi connectivity index (χ0v) is 10.3. The van der Waals surface area contributed by atoms with Crippen molar-refractivity contribution in [3.63, 3.8) is 0 Å². The summed E-state index contributed by atoms with van der Waals surface area (Å²) < 4.78 is 36.3. The van der Waals surface area contributed by atoms with E-state index in [4.69, 9.17) is 5.11 Å². The molecule has 102 valence electrons. The van der Waals surface area contributed by atoms with E-state index in [0.29, 0.717) is 5.92 Å². The molecule has 1 aliphatic rings. The summed E-state index contributed by atoms with van der Waals surface area (Å²) in [7, 11) is 0. The highest BCUT2D eigenvalue weighted by atomic mass is 19.4. The number of aliphatic hydroxyl groups is 1. The van der Waals surface area contributed by atoms with Crippen molar-refractivity contribution in [3.8, 4) is 0 Å². The molecule has 3 unspecified atom stereocenters. The second kappa shape index (κ2) is 6.59. The molecule has 0 heterocycles. The Hall–Kier alpha value is -0.290. The van der Waals surface area contributed by atoms with Crippen LogP contribution in [0.3, 0.4) is 0 Å². The van der Waals surface area contributed by atoms with Gasteiger partial charge in [0.1, 0.15) is 0 Å². The fraction of sp³-hybridized carbons (Fsp3) is 1.00. The fourth-order valence-electron chi connectivity index (χ4n) is 2.38. The van der Waals surface area contributed by atoms with Crippen molar-refractivity contribution in [2.45, 2.75) is 63.8 Å². The summed E-state index contributed by atoms with van der Waals surface area (Å²) in [5.74, 6) is 0.717. The Morgan fingerprint density at radius 1 is 1.24 bits per heavy atom. The summed E-state index contributed by atoms with van der Waals surface area (Å²) in [6.07, 6.45) is -0.440. The second-order valence-corrected chi connectivity index (χ2v) is 4.95. The lowest BCUT2D eigenvalue weighted by Crippen LogP contribution is -2.42. The Balaban J connectivity index is 2.28. The van der Waals surface area contributed by atoms with Crippen molar-refractivity contribution in [1.29, 1.82) is 0 Å². The molecule has 2 N–H and O–H groups in total. The molecule has 1 saturated carbocycles. The predicted octanol–water partition coefficient (Wildman–Crippen LogP) is 2.86. The van der Waals surface area contributed by atoms with E-state index in [1.807, 2.05) is 0 Å². The maximum atomic E-state index is 12.1. The highest BCUT2D eigenvalue weighted by Gasteiger charge is 2.38. The van der Waals surface area contributed by atoms with Crippen molar-refractivity contribution in [2.24, 2.45) is 5.92 Å². The summed E-state index contributed by atoms with van der Waals surface area (Å²) in [4.78, 5) is 0. The number of nitrogens with one attached hydrogen (secondary N) is 1. The monoisotopic (exact) mass is 253 g/mol. The van der Waals surface area contributed by atoms with E-state index in [1.54, 1.807) is 0 Å². The average molecular weight is 253 g/mol. The number of alkyl halides is 3. The van der Waals surface area contributed by atoms with Crippen LogP contribution < -0.4 is 5.32 Å². The zero-order valence-electron chi connectivity index (χ0n) is 10.3. The molecule has 3 atom stereocenters. The van der Waals surface area contributed by atoms with Crippen LogP contribution in [0.1, 0.15) is 45.4 Å². The zero-order chi connectivity index (χ0) is 12.9. The van der Waals surface area contributed by atoms with Gasteiger partial charge in [0.25, 0.3) is 0 Å². The maximum absolute atomic E-state index is 12.1. The molecule has 5 heteroatoms. The Bertz CT molecular complexity index is 220. The summed E-state index contributed by atoms with van der Waals surface area (Å²) in [6.45, 7) is 1.77. The first-order valence-electron chi connectivity index (χ1n) is 6.41. The van der Waals surface area contributed by atoms with Gasteiger partial charge in [0.2, 0.25) is 0 Å². The van der Waals surface area contributed by atoms with Crippen LogP contribution in [0.15, 0.2) is 0 Å². The minimum atomic E-state index is -4.51. The van der Waals surface area contributed by atoms with E-state index in [1.165, 1.54) is 6.42 Å². The number of halogens is 3. The lowest BCUT2D eigenvalue weighted by atomic mass is 9.98. The standard InChI is InChI=1S/C12H22F3NO/c1-2-9-4-3-5-10(7-6-9)16-8-11(17)12(13,14)15/h9-11,16-17H,2-8H2,1H3. The average Bonchev–Trinajstić information content (AvgIpc) is 2.49. The molecule has 2 nitrogen and oxygen atoms in total. The lowest BCUT2D eigenvalue weighted by molar-refractivity contribution is -0.202.